The van der Waals surface area contributed by atoms with Crippen LogP contribution >= 0.6 is 0 Å². The molecule has 0 atom stereocenters. The van der Waals surface area contributed by atoms with Crippen molar-refractivity contribution in [3.63, 3.8) is 0 Å². The molecule has 7 nitrogen and oxygen atoms in total. The van der Waals surface area contributed by atoms with Crippen molar-refractivity contribution in [2.45, 2.75) is 12.5 Å². The summed E-state index contributed by atoms with van der Waals surface area (Å²) >= 11 is 0. The molecule has 2 aromatic carbocycles. The van der Waals surface area contributed by atoms with E-state index in [0.29, 0.717) is 12.2 Å². The summed E-state index contributed by atoms with van der Waals surface area (Å²) < 4.78 is 5.59. The molecule has 34 heavy (non-hydrogen) atoms. The average Bonchev–Trinajstić information content (AvgIpc) is 3.35. The molecule has 0 unspecified atom stereocenters. The highest BCUT2D eigenvalue weighted by Gasteiger charge is 2.26. The van der Waals surface area contributed by atoms with E-state index in [1.165, 1.54) is 17.3 Å². The van der Waals surface area contributed by atoms with Crippen LogP contribution in [0.1, 0.15) is 29.3 Å². The standard InChI is InChI=1S/C27H33N5O2/c1-30(2)26-14-13-24(34-26)21-28-29-25(33)15-16-31-17-19-32(20-18-31)27(22-9-5-3-6-10-22)23-11-7-4-8-12-23/h3-14,21,27H,15-20H2,1-2H3,(H,29,33)/b28-21+. The molecule has 7 heteroatoms. The Morgan fingerprint density at radius 2 is 1.59 bits per heavy atom. The molecular formula is C27H33N5O2. The van der Waals surface area contributed by atoms with Crippen molar-refractivity contribution in [1.29, 1.82) is 0 Å². The number of carbonyl (C=O) groups excluding carboxylic acids is 1. The lowest BCUT2D eigenvalue weighted by atomic mass is 9.96. The number of hydrazone groups is 1. The van der Waals surface area contributed by atoms with Crippen LogP contribution in [-0.4, -0.2) is 68.7 Å². The SMILES string of the molecule is CN(C)c1ccc(/C=N/NC(=O)CCN2CCN(C(c3ccccc3)c3ccccc3)CC2)o1. The third-order valence-electron chi connectivity index (χ3n) is 6.09. The highest BCUT2D eigenvalue weighted by molar-refractivity contribution is 5.80. The topological polar surface area (TPSA) is 64.3 Å². The smallest absolute Gasteiger partial charge is 0.241 e. The van der Waals surface area contributed by atoms with Crippen molar-refractivity contribution >= 4 is 18.0 Å². The number of nitrogens with zero attached hydrogens (tertiary/aromatic N) is 4. The predicted octanol–water partition coefficient (Wildman–Crippen LogP) is 3.59. The van der Waals surface area contributed by atoms with Gasteiger partial charge in [0.2, 0.25) is 5.91 Å². The van der Waals surface area contributed by atoms with Gasteiger partial charge in [0, 0.05) is 59.3 Å². The van der Waals surface area contributed by atoms with Crippen LogP contribution in [0, 0.1) is 0 Å². The number of furan rings is 1. The van der Waals surface area contributed by atoms with Gasteiger partial charge >= 0.3 is 0 Å². The first-order valence-electron chi connectivity index (χ1n) is 11.8. The zero-order valence-electron chi connectivity index (χ0n) is 19.9. The van der Waals surface area contributed by atoms with E-state index in [-0.39, 0.29) is 11.9 Å². The van der Waals surface area contributed by atoms with Crippen LogP contribution in [0.3, 0.4) is 0 Å². The minimum atomic E-state index is -0.0930. The summed E-state index contributed by atoms with van der Waals surface area (Å²) in [6.07, 6.45) is 1.94. The monoisotopic (exact) mass is 459 g/mol. The second-order valence-electron chi connectivity index (χ2n) is 8.72. The summed E-state index contributed by atoms with van der Waals surface area (Å²) in [6.45, 7) is 4.52. The minimum absolute atomic E-state index is 0.0930. The highest BCUT2D eigenvalue weighted by atomic mass is 16.4. The Hall–Kier alpha value is -3.42. The Kier molecular flexibility index (Phi) is 8.12. The molecule has 0 spiro atoms. The van der Waals surface area contributed by atoms with Crippen molar-refractivity contribution in [3.8, 4) is 0 Å². The quantitative estimate of drug-likeness (QED) is 0.391. The van der Waals surface area contributed by atoms with Gasteiger partial charge in [0.1, 0.15) is 5.76 Å². The van der Waals surface area contributed by atoms with E-state index in [2.05, 4.69) is 81.0 Å². The number of piperazine rings is 1. The third kappa shape index (κ3) is 6.34. The number of rotatable bonds is 9. The maximum absolute atomic E-state index is 12.2. The molecule has 0 saturated carbocycles. The first-order chi connectivity index (χ1) is 16.6. The van der Waals surface area contributed by atoms with Gasteiger partial charge in [-0.2, -0.15) is 5.10 Å². The molecule has 1 aliphatic rings. The van der Waals surface area contributed by atoms with E-state index in [1.807, 2.05) is 31.1 Å². The second-order valence-corrected chi connectivity index (χ2v) is 8.72. The predicted molar refractivity (Wildman–Crippen MR) is 136 cm³/mol. The fourth-order valence-corrected chi connectivity index (χ4v) is 4.27. The zero-order valence-corrected chi connectivity index (χ0v) is 19.9. The average molecular weight is 460 g/mol. The van der Waals surface area contributed by atoms with Gasteiger partial charge in [-0.15, -0.1) is 0 Å². The molecule has 0 aliphatic carbocycles. The molecule has 1 saturated heterocycles. The Labute approximate surface area is 201 Å². The van der Waals surface area contributed by atoms with Crippen LogP contribution in [0.4, 0.5) is 5.88 Å². The van der Waals surface area contributed by atoms with Gasteiger partial charge in [-0.3, -0.25) is 9.69 Å². The lowest BCUT2D eigenvalue weighted by molar-refractivity contribution is -0.121. The number of hydrogen-bond acceptors (Lipinski definition) is 6. The third-order valence-corrected chi connectivity index (χ3v) is 6.09. The summed E-state index contributed by atoms with van der Waals surface area (Å²) in [6, 6.07) is 25.3. The van der Waals surface area contributed by atoms with E-state index in [0.717, 1.165) is 38.6 Å². The Balaban J connectivity index is 1.25. The number of carbonyl (C=O) groups is 1. The van der Waals surface area contributed by atoms with Crippen LogP contribution in [0.15, 0.2) is 82.3 Å². The molecule has 1 aromatic heterocycles. The maximum Gasteiger partial charge on any atom is 0.241 e. The number of nitrogens with one attached hydrogen (secondary N) is 1. The normalized spacial score (nSPS) is 15.1. The van der Waals surface area contributed by atoms with Crippen LogP contribution in [0.5, 0.6) is 0 Å². The van der Waals surface area contributed by atoms with Gasteiger partial charge in [0.25, 0.3) is 0 Å². The van der Waals surface area contributed by atoms with Crippen molar-refractivity contribution in [1.82, 2.24) is 15.2 Å². The number of benzene rings is 2. The number of anilines is 1. The summed E-state index contributed by atoms with van der Waals surface area (Å²) in [5.74, 6) is 1.25. The molecule has 0 bridgehead atoms. The van der Waals surface area contributed by atoms with E-state index >= 15 is 0 Å². The van der Waals surface area contributed by atoms with Gasteiger partial charge in [-0.1, -0.05) is 60.7 Å². The fourth-order valence-electron chi connectivity index (χ4n) is 4.27. The molecule has 4 rings (SSSR count). The first-order valence-corrected chi connectivity index (χ1v) is 11.8. The van der Waals surface area contributed by atoms with Crippen LogP contribution in [0.2, 0.25) is 0 Å². The highest BCUT2D eigenvalue weighted by Crippen LogP contribution is 2.29. The summed E-state index contributed by atoms with van der Waals surface area (Å²) in [5.41, 5.74) is 5.23. The van der Waals surface area contributed by atoms with Crippen molar-refractivity contribution in [2.24, 2.45) is 5.10 Å². The molecule has 178 valence electrons. The molecule has 1 aliphatic heterocycles. The van der Waals surface area contributed by atoms with Gasteiger partial charge in [0.05, 0.1) is 12.3 Å². The molecule has 1 N–H and O–H groups in total. The summed E-state index contributed by atoms with van der Waals surface area (Å²) in [5, 5.41) is 4.02. The maximum atomic E-state index is 12.2. The zero-order chi connectivity index (χ0) is 23.8. The van der Waals surface area contributed by atoms with Crippen molar-refractivity contribution < 1.29 is 9.21 Å². The molecule has 0 radical (unpaired) electrons. The Bertz CT molecular complexity index is 1020. The van der Waals surface area contributed by atoms with E-state index in [1.54, 1.807) is 0 Å². The Morgan fingerprint density at radius 1 is 0.971 bits per heavy atom. The first kappa shape index (κ1) is 23.7. The van der Waals surface area contributed by atoms with Crippen LogP contribution in [-0.2, 0) is 4.79 Å². The van der Waals surface area contributed by atoms with E-state index in [4.69, 9.17) is 4.42 Å². The van der Waals surface area contributed by atoms with E-state index in [9.17, 15) is 4.79 Å². The lowest BCUT2D eigenvalue weighted by Gasteiger charge is -2.39. The molecule has 1 fully saturated rings. The van der Waals surface area contributed by atoms with Gasteiger partial charge < -0.3 is 14.2 Å². The molecule has 3 aromatic rings. The fraction of sp³-hybridized carbons (Fsp3) is 0.333. The molecular weight excluding hydrogens is 426 g/mol. The van der Waals surface area contributed by atoms with Gasteiger partial charge in [0.15, 0.2) is 5.88 Å². The second kappa shape index (κ2) is 11.6. The largest absolute Gasteiger partial charge is 0.440 e. The minimum Gasteiger partial charge on any atom is -0.440 e. The molecule has 1 amide bonds. The van der Waals surface area contributed by atoms with Crippen LogP contribution < -0.4 is 10.3 Å². The van der Waals surface area contributed by atoms with Crippen molar-refractivity contribution in [3.05, 3.63) is 89.7 Å². The summed E-state index contributed by atoms with van der Waals surface area (Å²) in [7, 11) is 3.82. The number of hydrogen-bond donors (Lipinski definition) is 1. The van der Waals surface area contributed by atoms with Gasteiger partial charge in [-0.25, -0.2) is 5.43 Å². The molecule has 2 heterocycles. The van der Waals surface area contributed by atoms with Crippen LogP contribution in [0.25, 0.3) is 0 Å². The Morgan fingerprint density at radius 3 is 2.15 bits per heavy atom. The number of amides is 1. The van der Waals surface area contributed by atoms with E-state index < -0.39 is 0 Å². The van der Waals surface area contributed by atoms with Crippen molar-refractivity contribution in [2.75, 3.05) is 51.7 Å². The lowest BCUT2D eigenvalue weighted by Crippen LogP contribution is -2.48. The van der Waals surface area contributed by atoms with Gasteiger partial charge in [-0.05, 0) is 17.2 Å². The summed E-state index contributed by atoms with van der Waals surface area (Å²) in [4.78, 5) is 19.0.